The van der Waals surface area contributed by atoms with Crippen molar-refractivity contribution in [3.8, 4) is 5.75 Å². The van der Waals surface area contributed by atoms with Gasteiger partial charge in [0.1, 0.15) is 22.5 Å². The Kier molecular flexibility index (Phi) is 5.42. The molecule has 1 aliphatic carbocycles. The van der Waals surface area contributed by atoms with Gasteiger partial charge in [-0.05, 0) is 35.6 Å². The summed E-state index contributed by atoms with van der Waals surface area (Å²) in [5.41, 5.74) is 1.91. The second kappa shape index (κ2) is 8.91. The first-order valence-corrected chi connectivity index (χ1v) is 11.8. The molecule has 6 heteroatoms. The van der Waals surface area contributed by atoms with Crippen LogP contribution in [0.2, 0.25) is 0 Å². The van der Waals surface area contributed by atoms with E-state index >= 15 is 0 Å². The van der Waals surface area contributed by atoms with Crippen LogP contribution >= 0.6 is 0 Å². The van der Waals surface area contributed by atoms with Gasteiger partial charge >= 0.3 is 11.6 Å². The van der Waals surface area contributed by atoms with Crippen LogP contribution in [0.5, 0.6) is 5.75 Å². The molecule has 1 aliphatic heterocycles. The number of Topliss-reactive ketones (excluding diaryl/α,β-unsaturated/α-hetero) is 1. The third-order valence-corrected chi connectivity index (χ3v) is 6.67. The largest absolute Gasteiger partial charge is 0.506 e. The molecule has 1 saturated heterocycles. The molecule has 1 unspecified atom stereocenters. The number of hydrogen-bond acceptors (Lipinski definition) is 6. The Morgan fingerprint density at radius 1 is 0.865 bits per heavy atom. The SMILES string of the molecule is O=C1OC2C(=CCc3ccccc32)C(=O)C1=CC=CC=Cc1c(O)c2ccc3ccccc3c2oc1=O. The standard InChI is InChI=1S/C31H20O6/c32-26-22-16-14-18-8-4-6-10-20(18)28(22)36-30(34)24(26)12-2-1-3-13-25-27(33)23-17-15-19-9-5-7-11-21(19)29(23)37-31(25)35/h1-14,16-17,29,32H,15H2. The smallest absolute Gasteiger partial charge is 0.347 e. The molecule has 6 rings (SSSR count). The maximum absolute atomic E-state index is 13.0. The third-order valence-electron chi connectivity index (χ3n) is 6.67. The lowest BCUT2D eigenvalue weighted by molar-refractivity contribution is -0.147. The molecule has 2 heterocycles. The topological polar surface area (TPSA) is 93.8 Å². The third kappa shape index (κ3) is 3.79. The van der Waals surface area contributed by atoms with Crippen LogP contribution in [0.3, 0.4) is 0 Å². The quantitative estimate of drug-likeness (QED) is 0.102. The fourth-order valence-corrected chi connectivity index (χ4v) is 4.82. The normalized spacial score (nSPS) is 18.4. The summed E-state index contributed by atoms with van der Waals surface area (Å²) in [5, 5.41) is 12.8. The van der Waals surface area contributed by atoms with Crippen molar-refractivity contribution in [2.45, 2.75) is 12.5 Å². The highest BCUT2D eigenvalue weighted by Gasteiger charge is 2.39. The summed E-state index contributed by atoms with van der Waals surface area (Å²) in [6.07, 6.45) is 9.12. The van der Waals surface area contributed by atoms with Crippen LogP contribution in [0.4, 0.5) is 0 Å². The van der Waals surface area contributed by atoms with Crippen LogP contribution in [-0.4, -0.2) is 16.9 Å². The predicted octanol–water partition coefficient (Wildman–Crippen LogP) is 5.50. The molecule has 1 fully saturated rings. The summed E-state index contributed by atoms with van der Waals surface area (Å²) >= 11 is 0. The van der Waals surface area contributed by atoms with Gasteiger partial charge in [0.2, 0.25) is 0 Å². The number of carbonyl (C=O) groups is 2. The molecule has 0 saturated carbocycles. The van der Waals surface area contributed by atoms with Gasteiger partial charge in [0.15, 0.2) is 11.9 Å². The van der Waals surface area contributed by atoms with Crippen molar-refractivity contribution in [2.24, 2.45) is 0 Å². The van der Waals surface area contributed by atoms with Gasteiger partial charge in [0.05, 0.1) is 5.39 Å². The molecule has 0 amide bonds. The van der Waals surface area contributed by atoms with E-state index < -0.39 is 17.7 Å². The molecule has 1 aromatic heterocycles. The molecule has 180 valence electrons. The summed E-state index contributed by atoms with van der Waals surface area (Å²) < 4.78 is 11.1. The summed E-state index contributed by atoms with van der Waals surface area (Å²) in [6.45, 7) is 0. The van der Waals surface area contributed by atoms with Crippen LogP contribution in [0.25, 0.3) is 27.8 Å². The van der Waals surface area contributed by atoms with E-state index in [0.717, 1.165) is 21.9 Å². The van der Waals surface area contributed by atoms with Gasteiger partial charge in [-0.25, -0.2) is 9.59 Å². The molecule has 0 bridgehead atoms. The monoisotopic (exact) mass is 488 g/mol. The number of hydrogen-bond donors (Lipinski definition) is 1. The fraction of sp³-hybridized carbons (Fsp3) is 0.0645. The second-order valence-electron chi connectivity index (χ2n) is 8.82. The highest BCUT2D eigenvalue weighted by Crippen LogP contribution is 2.39. The van der Waals surface area contributed by atoms with Gasteiger partial charge < -0.3 is 14.3 Å². The first kappa shape index (κ1) is 22.5. The fourth-order valence-electron chi connectivity index (χ4n) is 4.82. The Morgan fingerprint density at radius 2 is 1.68 bits per heavy atom. The second-order valence-corrected chi connectivity index (χ2v) is 8.82. The lowest BCUT2D eigenvalue weighted by atomic mass is 9.83. The zero-order valence-electron chi connectivity index (χ0n) is 19.5. The summed E-state index contributed by atoms with van der Waals surface area (Å²) in [6, 6.07) is 18.6. The molecule has 0 radical (unpaired) electrons. The Morgan fingerprint density at radius 3 is 2.57 bits per heavy atom. The lowest BCUT2D eigenvalue weighted by Crippen LogP contribution is -2.32. The van der Waals surface area contributed by atoms with Crippen LogP contribution in [0.15, 0.2) is 111 Å². The Labute approximate surface area is 211 Å². The van der Waals surface area contributed by atoms with E-state index in [4.69, 9.17) is 9.15 Å². The maximum atomic E-state index is 13.0. The van der Waals surface area contributed by atoms with E-state index in [9.17, 15) is 19.5 Å². The van der Waals surface area contributed by atoms with Crippen molar-refractivity contribution >= 4 is 39.6 Å². The van der Waals surface area contributed by atoms with Gasteiger partial charge in [-0.2, -0.15) is 0 Å². The highest BCUT2D eigenvalue weighted by molar-refractivity contribution is 6.26. The molecule has 2 aliphatic rings. The number of carbonyl (C=O) groups excluding carboxylic acids is 2. The van der Waals surface area contributed by atoms with Gasteiger partial charge in [0, 0.05) is 16.5 Å². The average Bonchev–Trinajstić information content (AvgIpc) is 2.91. The van der Waals surface area contributed by atoms with Gasteiger partial charge in [0.25, 0.3) is 0 Å². The highest BCUT2D eigenvalue weighted by atomic mass is 16.5. The van der Waals surface area contributed by atoms with E-state index in [-0.39, 0.29) is 22.7 Å². The van der Waals surface area contributed by atoms with E-state index in [1.54, 1.807) is 12.1 Å². The molecule has 1 atom stereocenters. The summed E-state index contributed by atoms with van der Waals surface area (Å²) in [4.78, 5) is 38.2. The van der Waals surface area contributed by atoms with Crippen molar-refractivity contribution in [1.29, 1.82) is 0 Å². The maximum Gasteiger partial charge on any atom is 0.347 e. The van der Waals surface area contributed by atoms with E-state index in [1.807, 2.05) is 60.7 Å². The van der Waals surface area contributed by atoms with Gasteiger partial charge in [-0.1, -0.05) is 78.9 Å². The molecule has 6 nitrogen and oxygen atoms in total. The average molecular weight is 488 g/mol. The van der Waals surface area contributed by atoms with Crippen LogP contribution < -0.4 is 5.63 Å². The van der Waals surface area contributed by atoms with Crippen molar-refractivity contribution in [2.75, 3.05) is 0 Å². The van der Waals surface area contributed by atoms with E-state index in [2.05, 4.69) is 0 Å². The van der Waals surface area contributed by atoms with Crippen molar-refractivity contribution < 1.29 is 23.8 Å². The number of rotatable bonds is 3. The number of aromatic hydroxyl groups is 1. The van der Waals surface area contributed by atoms with E-state index in [0.29, 0.717) is 23.0 Å². The number of esters is 1. The van der Waals surface area contributed by atoms with Gasteiger partial charge in [-0.3, -0.25) is 4.79 Å². The minimum Gasteiger partial charge on any atom is -0.506 e. The van der Waals surface area contributed by atoms with Crippen LogP contribution in [0.1, 0.15) is 22.8 Å². The number of ether oxygens (including phenoxy) is 1. The zero-order valence-corrected chi connectivity index (χ0v) is 19.5. The first-order valence-electron chi connectivity index (χ1n) is 11.8. The van der Waals surface area contributed by atoms with Crippen molar-refractivity contribution in [3.63, 3.8) is 0 Å². The van der Waals surface area contributed by atoms with Gasteiger partial charge in [-0.15, -0.1) is 0 Å². The summed E-state index contributed by atoms with van der Waals surface area (Å²) in [5.74, 6) is -1.22. The Balaban J connectivity index is 1.25. The number of benzene rings is 3. The molecular weight excluding hydrogens is 468 g/mol. The molecule has 3 aromatic carbocycles. The van der Waals surface area contributed by atoms with Crippen LogP contribution in [-0.2, 0) is 20.7 Å². The first-order chi connectivity index (χ1) is 18.0. The van der Waals surface area contributed by atoms with E-state index in [1.165, 1.54) is 24.3 Å². The molecule has 4 aromatic rings. The predicted molar refractivity (Wildman–Crippen MR) is 140 cm³/mol. The summed E-state index contributed by atoms with van der Waals surface area (Å²) in [7, 11) is 0. The minimum atomic E-state index is -0.683. The van der Waals surface area contributed by atoms with Crippen molar-refractivity contribution in [1.82, 2.24) is 0 Å². The number of fused-ring (bicyclic) bond motifs is 6. The van der Waals surface area contributed by atoms with Crippen molar-refractivity contribution in [3.05, 3.63) is 129 Å². The Hall–Kier alpha value is -4.97. The molecular formula is C31H20O6. The number of ketones is 1. The number of allylic oxidation sites excluding steroid dienone is 5. The molecule has 0 spiro atoms. The molecule has 37 heavy (non-hydrogen) atoms. The molecule has 1 N–H and O–H groups in total. The van der Waals surface area contributed by atoms with Crippen LogP contribution in [0, 0.1) is 0 Å². The lowest BCUT2D eigenvalue weighted by Gasteiger charge is -2.30. The Bertz CT molecular complexity index is 1800. The minimum absolute atomic E-state index is 0.00195. The zero-order chi connectivity index (χ0) is 25.5.